The van der Waals surface area contributed by atoms with Gasteiger partial charge in [0, 0.05) is 19.6 Å². The van der Waals surface area contributed by atoms with Crippen LogP contribution in [0, 0.1) is 5.82 Å². The summed E-state index contributed by atoms with van der Waals surface area (Å²) >= 11 is 0. The molecule has 5 heteroatoms. The van der Waals surface area contributed by atoms with Crippen LogP contribution in [0.25, 0.3) is 0 Å². The number of morpholine rings is 1. The largest absolute Gasteiger partial charge is 0.366 e. The van der Waals surface area contributed by atoms with Crippen molar-refractivity contribution in [3.05, 3.63) is 35.1 Å². The van der Waals surface area contributed by atoms with Crippen molar-refractivity contribution in [2.24, 2.45) is 0 Å². The molecule has 0 aromatic heterocycles. The highest BCUT2D eigenvalue weighted by Gasteiger charge is 2.34. The van der Waals surface area contributed by atoms with Gasteiger partial charge in [-0.15, -0.1) is 0 Å². The Morgan fingerprint density at radius 2 is 2.23 bits per heavy atom. The Morgan fingerprint density at radius 3 is 3.00 bits per heavy atom. The Bertz CT molecular complexity index is 564. The van der Waals surface area contributed by atoms with Crippen LogP contribution in [-0.2, 0) is 16.0 Å². The maximum Gasteiger partial charge on any atom is 0.253 e. The standard InChI is InChI=1S/C17H23FN2O2/c1-3-19-8-9-22-16(11-19)17(21)20-7-6-13-10-14(18)4-5-15(13)12(20)2/h4-5,10,12,16H,3,6-9,11H2,1-2H3/t12-,16+/m0/s1. The molecule has 2 aliphatic heterocycles. The van der Waals surface area contributed by atoms with Crippen molar-refractivity contribution in [3.63, 3.8) is 0 Å². The Hall–Kier alpha value is -1.46. The lowest BCUT2D eigenvalue weighted by atomic mass is 9.93. The predicted molar refractivity (Wildman–Crippen MR) is 82.1 cm³/mol. The second-order valence-electron chi connectivity index (χ2n) is 6.05. The van der Waals surface area contributed by atoms with E-state index in [0.29, 0.717) is 26.1 Å². The number of nitrogens with zero attached hydrogens (tertiary/aromatic N) is 2. The molecule has 22 heavy (non-hydrogen) atoms. The molecule has 1 saturated heterocycles. The molecule has 4 nitrogen and oxygen atoms in total. The number of hydrogen-bond donors (Lipinski definition) is 0. The van der Waals surface area contributed by atoms with Crippen molar-refractivity contribution in [1.29, 1.82) is 0 Å². The summed E-state index contributed by atoms with van der Waals surface area (Å²) in [6.45, 7) is 7.82. The lowest BCUT2D eigenvalue weighted by molar-refractivity contribution is -0.152. The first-order valence-corrected chi connectivity index (χ1v) is 8.03. The normalized spacial score (nSPS) is 25.9. The van der Waals surface area contributed by atoms with Gasteiger partial charge in [0.05, 0.1) is 12.6 Å². The molecule has 0 radical (unpaired) electrons. The zero-order valence-electron chi connectivity index (χ0n) is 13.2. The van der Waals surface area contributed by atoms with Crippen LogP contribution < -0.4 is 0 Å². The molecule has 1 fully saturated rings. The topological polar surface area (TPSA) is 32.8 Å². The summed E-state index contributed by atoms with van der Waals surface area (Å²) in [7, 11) is 0. The minimum atomic E-state index is -0.377. The van der Waals surface area contributed by atoms with E-state index in [2.05, 4.69) is 11.8 Å². The van der Waals surface area contributed by atoms with E-state index in [-0.39, 0.29) is 23.9 Å². The summed E-state index contributed by atoms with van der Waals surface area (Å²) in [4.78, 5) is 16.9. The van der Waals surface area contributed by atoms with Crippen molar-refractivity contribution >= 4 is 5.91 Å². The molecule has 0 unspecified atom stereocenters. The number of benzene rings is 1. The number of halogens is 1. The van der Waals surface area contributed by atoms with Gasteiger partial charge in [-0.25, -0.2) is 4.39 Å². The molecular weight excluding hydrogens is 283 g/mol. The Labute approximate surface area is 130 Å². The monoisotopic (exact) mass is 306 g/mol. The maximum atomic E-state index is 13.3. The number of amides is 1. The van der Waals surface area contributed by atoms with Crippen molar-refractivity contribution in [2.45, 2.75) is 32.4 Å². The van der Waals surface area contributed by atoms with E-state index in [9.17, 15) is 9.18 Å². The third-order valence-corrected chi connectivity index (χ3v) is 4.80. The number of carbonyl (C=O) groups excluding carboxylic acids is 1. The summed E-state index contributed by atoms with van der Waals surface area (Å²) in [6.07, 6.45) is 0.325. The highest BCUT2D eigenvalue weighted by molar-refractivity contribution is 5.82. The van der Waals surface area contributed by atoms with Crippen LogP contribution in [-0.4, -0.2) is 54.6 Å². The molecule has 1 aromatic rings. The Kier molecular flexibility index (Phi) is 4.45. The number of ether oxygens (including phenoxy) is 1. The van der Waals surface area contributed by atoms with Crippen LogP contribution in [0.2, 0.25) is 0 Å². The van der Waals surface area contributed by atoms with Gasteiger partial charge in [-0.3, -0.25) is 9.69 Å². The van der Waals surface area contributed by atoms with Crippen molar-refractivity contribution < 1.29 is 13.9 Å². The van der Waals surface area contributed by atoms with E-state index in [1.165, 1.54) is 6.07 Å². The number of hydrogen-bond acceptors (Lipinski definition) is 3. The van der Waals surface area contributed by atoms with Crippen LogP contribution >= 0.6 is 0 Å². The lowest BCUT2D eigenvalue weighted by Crippen LogP contribution is -2.52. The number of carbonyl (C=O) groups is 1. The average molecular weight is 306 g/mol. The van der Waals surface area contributed by atoms with Gasteiger partial charge in [-0.05, 0) is 43.1 Å². The molecule has 0 aliphatic carbocycles. The van der Waals surface area contributed by atoms with Gasteiger partial charge in [-0.1, -0.05) is 13.0 Å². The maximum absolute atomic E-state index is 13.3. The van der Waals surface area contributed by atoms with Gasteiger partial charge < -0.3 is 9.64 Å². The second kappa shape index (κ2) is 6.34. The summed E-state index contributed by atoms with van der Waals surface area (Å²) < 4.78 is 19.0. The molecule has 1 amide bonds. The molecule has 120 valence electrons. The van der Waals surface area contributed by atoms with Crippen LogP contribution in [0.1, 0.15) is 31.0 Å². The fourth-order valence-corrected chi connectivity index (χ4v) is 3.43. The molecule has 0 N–H and O–H groups in total. The molecule has 3 rings (SSSR count). The Morgan fingerprint density at radius 1 is 1.41 bits per heavy atom. The molecular formula is C17H23FN2O2. The Balaban J connectivity index is 1.75. The van der Waals surface area contributed by atoms with E-state index in [1.54, 1.807) is 12.1 Å². The molecule has 0 bridgehead atoms. The predicted octanol–water partition coefficient (Wildman–Crippen LogP) is 1.99. The SMILES string of the molecule is CCN1CCO[C@@H](C(=O)N2CCc3cc(F)ccc3[C@@H]2C)C1. The average Bonchev–Trinajstić information content (AvgIpc) is 2.54. The van der Waals surface area contributed by atoms with E-state index < -0.39 is 0 Å². The van der Waals surface area contributed by atoms with Crippen molar-refractivity contribution in [1.82, 2.24) is 9.80 Å². The van der Waals surface area contributed by atoms with E-state index in [0.717, 1.165) is 24.2 Å². The molecule has 0 saturated carbocycles. The third-order valence-electron chi connectivity index (χ3n) is 4.80. The smallest absolute Gasteiger partial charge is 0.253 e. The molecule has 0 spiro atoms. The van der Waals surface area contributed by atoms with Gasteiger partial charge in [0.2, 0.25) is 0 Å². The van der Waals surface area contributed by atoms with Gasteiger partial charge in [0.25, 0.3) is 5.91 Å². The van der Waals surface area contributed by atoms with Crippen LogP contribution in [0.4, 0.5) is 4.39 Å². The first-order valence-electron chi connectivity index (χ1n) is 8.03. The minimum Gasteiger partial charge on any atom is -0.366 e. The zero-order chi connectivity index (χ0) is 15.7. The van der Waals surface area contributed by atoms with E-state index >= 15 is 0 Å². The first-order chi connectivity index (χ1) is 10.6. The summed E-state index contributed by atoms with van der Waals surface area (Å²) in [5, 5.41) is 0. The van der Waals surface area contributed by atoms with E-state index in [4.69, 9.17) is 4.74 Å². The quantitative estimate of drug-likeness (QED) is 0.838. The molecule has 2 heterocycles. The van der Waals surface area contributed by atoms with Crippen LogP contribution in [0.3, 0.4) is 0 Å². The molecule has 2 atom stereocenters. The van der Waals surface area contributed by atoms with Gasteiger partial charge in [0.15, 0.2) is 0 Å². The van der Waals surface area contributed by atoms with Crippen LogP contribution in [0.15, 0.2) is 18.2 Å². The minimum absolute atomic E-state index is 0.0301. The van der Waals surface area contributed by atoms with Gasteiger partial charge in [0.1, 0.15) is 11.9 Å². The third kappa shape index (κ3) is 2.88. The van der Waals surface area contributed by atoms with E-state index in [1.807, 2.05) is 11.8 Å². The highest BCUT2D eigenvalue weighted by atomic mass is 19.1. The zero-order valence-corrected chi connectivity index (χ0v) is 13.2. The fourth-order valence-electron chi connectivity index (χ4n) is 3.43. The lowest BCUT2D eigenvalue weighted by Gasteiger charge is -2.39. The highest BCUT2D eigenvalue weighted by Crippen LogP contribution is 2.30. The second-order valence-corrected chi connectivity index (χ2v) is 6.05. The number of likely N-dealkylation sites (N-methyl/N-ethyl adjacent to an activating group) is 1. The first kappa shape index (κ1) is 15.4. The summed E-state index contributed by atoms with van der Waals surface area (Å²) in [5.41, 5.74) is 2.06. The number of fused-ring (bicyclic) bond motifs is 1. The molecule has 1 aromatic carbocycles. The van der Waals surface area contributed by atoms with Gasteiger partial charge in [-0.2, -0.15) is 0 Å². The van der Waals surface area contributed by atoms with Gasteiger partial charge >= 0.3 is 0 Å². The molecule has 2 aliphatic rings. The van der Waals surface area contributed by atoms with Crippen molar-refractivity contribution in [2.75, 3.05) is 32.8 Å². The number of rotatable bonds is 2. The van der Waals surface area contributed by atoms with Crippen LogP contribution in [0.5, 0.6) is 0 Å². The summed E-state index contributed by atoms with van der Waals surface area (Å²) in [5.74, 6) is -0.152. The van der Waals surface area contributed by atoms with Crippen molar-refractivity contribution in [3.8, 4) is 0 Å². The fraction of sp³-hybridized carbons (Fsp3) is 0.588. The summed E-state index contributed by atoms with van der Waals surface area (Å²) in [6, 6.07) is 4.83.